The lowest BCUT2D eigenvalue weighted by Crippen LogP contribution is -2.39. The molecule has 1 aliphatic heterocycles. The van der Waals surface area contributed by atoms with Crippen molar-refractivity contribution >= 4 is 11.5 Å². The summed E-state index contributed by atoms with van der Waals surface area (Å²) in [5.41, 5.74) is 4.41. The van der Waals surface area contributed by atoms with Crippen molar-refractivity contribution in [3.05, 3.63) is 71.3 Å². The molecule has 7 nitrogen and oxygen atoms in total. The number of nitrogens with one attached hydrogen (secondary N) is 2. The summed E-state index contributed by atoms with van der Waals surface area (Å²) in [4.78, 5) is 14.4. The third-order valence-corrected chi connectivity index (χ3v) is 5.17. The summed E-state index contributed by atoms with van der Waals surface area (Å²) in [6.45, 7) is 2.31. The molecule has 1 aromatic carbocycles. The molecule has 2 aromatic rings. The third-order valence-electron chi connectivity index (χ3n) is 5.17. The van der Waals surface area contributed by atoms with Crippen molar-refractivity contribution < 1.29 is 14.6 Å². The summed E-state index contributed by atoms with van der Waals surface area (Å²) < 4.78 is 5.73. The highest BCUT2D eigenvalue weighted by Crippen LogP contribution is 2.27. The van der Waals surface area contributed by atoms with Gasteiger partial charge < -0.3 is 15.2 Å². The lowest BCUT2D eigenvalue weighted by atomic mass is 10.0. The van der Waals surface area contributed by atoms with E-state index < -0.39 is 6.10 Å². The molecule has 1 amide bonds. The van der Waals surface area contributed by atoms with E-state index in [1.807, 2.05) is 24.3 Å². The molecular formula is C22H26N4O3. The van der Waals surface area contributed by atoms with Crippen molar-refractivity contribution in [3.8, 4) is 0 Å². The molecule has 1 aromatic heterocycles. The van der Waals surface area contributed by atoms with Gasteiger partial charge in [-0.1, -0.05) is 30.3 Å². The number of aromatic amines is 1. The number of rotatable bonds is 8. The Morgan fingerprint density at radius 3 is 2.69 bits per heavy atom. The maximum atomic E-state index is 12.2. The van der Waals surface area contributed by atoms with Gasteiger partial charge >= 0.3 is 0 Å². The standard InChI is InChI=1S/C22H26N4O3/c27-18(14-26-12-16-5-1-2-6-17(16)13-26)11-23-22(28)15-29-21-8-4-3-7-19(21)20-9-10-24-25-20/h1-2,5-10,18,27H,3-4,11-15H2,(H,23,28)(H,24,25). The predicted molar refractivity (Wildman–Crippen MR) is 109 cm³/mol. The number of carbonyl (C=O) groups is 1. The first-order valence-corrected chi connectivity index (χ1v) is 9.96. The van der Waals surface area contributed by atoms with Gasteiger partial charge in [-0.15, -0.1) is 0 Å². The van der Waals surface area contributed by atoms with E-state index in [-0.39, 0.29) is 19.1 Å². The number of H-pyrrole nitrogens is 1. The van der Waals surface area contributed by atoms with Gasteiger partial charge in [0.1, 0.15) is 5.76 Å². The number of hydrogen-bond donors (Lipinski definition) is 3. The fraction of sp³-hybridized carbons (Fsp3) is 0.364. The Hall–Kier alpha value is -2.90. The number of allylic oxidation sites excluding steroid dienone is 3. The van der Waals surface area contributed by atoms with Crippen molar-refractivity contribution in [2.45, 2.75) is 32.0 Å². The molecule has 3 N–H and O–H groups in total. The van der Waals surface area contributed by atoms with Crippen LogP contribution >= 0.6 is 0 Å². The van der Waals surface area contributed by atoms with Crippen LogP contribution in [0.1, 0.15) is 29.7 Å². The van der Waals surface area contributed by atoms with Gasteiger partial charge in [-0.05, 0) is 36.1 Å². The largest absolute Gasteiger partial charge is 0.483 e. The average Bonchev–Trinajstić information content (AvgIpc) is 3.40. The summed E-state index contributed by atoms with van der Waals surface area (Å²) in [5, 5.41) is 20.0. The topological polar surface area (TPSA) is 90.5 Å². The van der Waals surface area contributed by atoms with E-state index in [4.69, 9.17) is 4.74 Å². The van der Waals surface area contributed by atoms with Crippen molar-refractivity contribution in [2.75, 3.05) is 19.7 Å². The number of hydrogen-bond acceptors (Lipinski definition) is 5. The monoisotopic (exact) mass is 394 g/mol. The average molecular weight is 394 g/mol. The second-order valence-corrected chi connectivity index (χ2v) is 7.42. The third kappa shape index (κ3) is 4.93. The Labute approximate surface area is 170 Å². The van der Waals surface area contributed by atoms with Gasteiger partial charge in [0.2, 0.25) is 0 Å². The second-order valence-electron chi connectivity index (χ2n) is 7.42. The molecule has 0 radical (unpaired) electrons. The summed E-state index contributed by atoms with van der Waals surface area (Å²) >= 11 is 0. The van der Waals surface area contributed by atoms with E-state index in [0.29, 0.717) is 12.3 Å². The van der Waals surface area contributed by atoms with Crippen LogP contribution < -0.4 is 5.32 Å². The van der Waals surface area contributed by atoms with Crippen LogP contribution in [-0.2, 0) is 22.6 Å². The minimum absolute atomic E-state index is 0.0841. The van der Waals surface area contributed by atoms with Crippen LogP contribution in [-0.4, -0.2) is 51.9 Å². The molecule has 0 saturated heterocycles. The molecule has 0 bridgehead atoms. The molecule has 2 heterocycles. The van der Waals surface area contributed by atoms with Crippen LogP contribution in [0.15, 0.2) is 54.4 Å². The van der Waals surface area contributed by atoms with Crippen molar-refractivity contribution in [1.29, 1.82) is 0 Å². The summed E-state index contributed by atoms with van der Waals surface area (Å²) in [6, 6.07) is 10.2. The molecule has 29 heavy (non-hydrogen) atoms. The number of carbonyl (C=O) groups excluding carboxylic acids is 1. The first-order chi connectivity index (χ1) is 14.2. The lowest BCUT2D eigenvalue weighted by molar-refractivity contribution is -0.124. The highest BCUT2D eigenvalue weighted by molar-refractivity contribution is 5.79. The number of ether oxygens (including phenoxy) is 1. The zero-order chi connectivity index (χ0) is 20.1. The Bertz CT molecular complexity index is 880. The highest BCUT2D eigenvalue weighted by Gasteiger charge is 2.21. The molecule has 1 unspecified atom stereocenters. The number of amides is 1. The van der Waals surface area contributed by atoms with E-state index in [1.165, 1.54) is 11.1 Å². The number of aliphatic hydroxyl groups is 1. The number of benzene rings is 1. The number of aliphatic hydroxyl groups excluding tert-OH is 1. The predicted octanol–water partition coefficient (Wildman–Crippen LogP) is 1.98. The van der Waals surface area contributed by atoms with Crippen molar-refractivity contribution in [1.82, 2.24) is 20.4 Å². The molecule has 0 saturated carbocycles. The Kier molecular flexibility index (Phi) is 6.07. The molecule has 4 rings (SSSR count). The van der Waals surface area contributed by atoms with Gasteiger partial charge in [-0.2, -0.15) is 5.10 Å². The number of nitrogens with zero attached hydrogens (tertiary/aromatic N) is 2. The van der Waals surface area contributed by atoms with Crippen LogP contribution in [0.5, 0.6) is 0 Å². The maximum absolute atomic E-state index is 12.2. The molecule has 1 atom stereocenters. The van der Waals surface area contributed by atoms with E-state index in [9.17, 15) is 9.90 Å². The molecule has 0 spiro atoms. The molecule has 2 aliphatic rings. The van der Waals surface area contributed by atoms with Crippen molar-refractivity contribution in [3.63, 3.8) is 0 Å². The smallest absolute Gasteiger partial charge is 0.258 e. The van der Waals surface area contributed by atoms with E-state index in [1.54, 1.807) is 6.20 Å². The number of aromatic nitrogens is 2. The summed E-state index contributed by atoms with van der Waals surface area (Å²) in [5.74, 6) is 0.440. The summed E-state index contributed by atoms with van der Waals surface area (Å²) in [7, 11) is 0. The van der Waals surface area contributed by atoms with E-state index >= 15 is 0 Å². The summed E-state index contributed by atoms with van der Waals surface area (Å²) in [6.07, 6.45) is 6.95. The minimum atomic E-state index is -0.623. The first-order valence-electron chi connectivity index (χ1n) is 9.96. The molecular weight excluding hydrogens is 368 g/mol. The molecule has 0 fully saturated rings. The Balaban J connectivity index is 1.19. The van der Waals surface area contributed by atoms with Crippen molar-refractivity contribution in [2.24, 2.45) is 0 Å². The maximum Gasteiger partial charge on any atom is 0.258 e. The van der Waals surface area contributed by atoms with E-state index in [0.717, 1.165) is 37.2 Å². The Morgan fingerprint density at radius 1 is 1.21 bits per heavy atom. The van der Waals surface area contributed by atoms with Gasteiger partial charge in [-0.3, -0.25) is 14.8 Å². The van der Waals surface area contributed by atoms with Crippen LogP contribution in [0.2, 0.25) is 0 Å². The minimum Gasteiger partial charge on any atom is -0.483 e. The normalized spacial score (nSPS) is 17.3. The van der Waals surface area contributed by atoms with Crippen LogP contribution in [0.3, 0.4) is 0 Å². The molecule has 1 aliphatic carbocycles. The van der Waals surface area contributed by atoms with Gasteiger partial charge in [0.05, 0.1) is 11.8 Å². The second kappa shape index (κ2) is 9.07. The van der Waals surface area contributed by atoms with Crippen LogP contribution in [0.4, 0.5) is 0 Å². The van der Waals surface area contributed by atoms with Crippen LogP contribution in [0, 0.1) is 0 Å². The number of β-amino-alcohol motifs (C(OH)–C–C–N with tert-alkyl or cyclic N) is 1. The SMILES string of the molecule is O=C(COC1=CCCC=C1c1ccn[nH]1)NCC(O)CN1Cc2ccccc2C1. The lowest BCUT2D eigenvalue weighted by Gasteiger charge is -2.20. The molecule has 7 heteroatoms. The fourth-order valence-electron chi connectivity index (χ4n) is 3.76. The van der Waals surface area contributed by atoms with Gasteiger partial charge in [-0.25, -0.2) is 0 Å². The van der Waals surface area contributed by atoms with Gasteiger partial charge in [0, 0.05) is 37.9 Å². The highest BCUT2D eigenvalue weighted by atomic mass is 16.5. The van der Waals surface area contributed by atoms with Gasteiger partial charge in [0.15, 0.2) is 6.61 Å². The van der Waals surface area contributed by atoms with E-state index in [2.05, 4.69) is 38.6 Å². The fourth-order valence-corrected chi connectivity index (χ4v) is 3.76. The quantitative estimate of drug-likeness (QED) is 0.637. The van der Waals surface area contributed by atoms with Crippen LogP contribution in [0.25, 0.3) is 5.57 Å². The zero-order valence-corrected chi connectivity index (χ0v) is 16.3. The molecule has 152 valence electrons. The first kappa shape index (κ1) is 19.4. The Morgan fingerprint density at radius 2 is 1.97 bits per heavy atom. The van der Waals surface area contributed by atoms with Gasteiger partial charge in [0.25, 0.3) is 5.91 Å². The number of fused-ring (bicyclic) bond motifs is 1. The zero-order valence-electron chi connectivity index (χ0n) is 16.3.